The zero-order valence-corrected chi connectivity index (χ0v) is 5.48. The highest BCUT2D eigenvalue weighted by atomic mass is 16.5. The summed E-state index contributed by atoms with van der Waals surface area (Å²) < 4.78 is 5.16. The van der Waals surface area contributed by atoms with Gasteiger partial charge in [0.15, 0.2) is 0 Å². The third kappa shape index (κ3) is 1.01. The van der Waals surface area contributed by atoms with Gasteiger partial charge in [0.05, 0.1) is 6.10 Å². The minimum atomic E-state index is 0.454. The van der Waals surface area contributed by atoms with E-state index in [2.05, 4.69) is 12.2 Å². The molecular formula is C6H13NO. The number of nitrogens with one attached hydrogen (secondary N) is 1. The summed E-state index contributed by atoms with van der Waals surface area (Å²) in [6.07, 6.45) is 1.62. The number of methoxy groups -OCH3 is 1. The SMILES string of the molecule is COC1CCN[C@H]1C. The van der Waals surface area contributed by atoms with Crippen molar-refractivity contribution in [3.05, 3.63) is 0 Å². The predicted octanol–water partition coefficient (Wildman–Crippen LogP) is 0.383. The molecule has 1 aliphatic heterocycles. The van der Waals surface area contributed by atoms with Gasteiger partial charge in [-0.25, -0.2) is 0 Å². The van der Waals surface area contributed by atoms with Crippen LogP contribution < -0.4 is 5.32 Å². The molecule has 2 nitrogen and oxygen atoms in total. The van der Waals surface area contributed by atoms with Crippen LogP contribution in [0.5, 0.6) is 0 Å². The topological polar surface area (TPSA) is 21.3 Å². The molecule has 1 saturated heterocycles. The quantitative estimate of drug-likeness (QED) is 0.533. The molecule has 1 rings (SSSR count). The molecule has 1 N–H and O–H groups in total. The van der Waals surface area contributed by atoms with Gasteiger partial charge in [0, 0.05) is 13.2 Å². The van der Waals surface area contributed by atoms with Gasteiger partial charge in [-0.05, 0) is 19.9 Å². The van der Waals surface area contributed by atoms with Gasteiger partial charge < -0.3 is 10.1 Å². The van der Waals surface area contributed by atoms with Crippen LogP contribution in [0.25, 0.3) is 0 Å². The summed E-state index contributed by atoms with van der Waals surface area (Å²) in [5, 5.41) is 3.30. The summed E-state index contributed by atoms with van der Waals surface area (Å²) in [6, 6.07) is 0.556. The molecule has 8 heavy (non-hydrogen) atoms. The molecule has 0 aromatic heterocycles. The number of hydrogen-bond acceptors (Lipinski definition) is 2. The van der Waals surface area contributed by atoms with E-state index in [9.17, 15) is 0 Å². The van der Waals surface area contributed by atoms with Crippen molar-refractivity contribution in [1.29, 1.82) is 0 Å². The Morgan fingerprint density at radius 3 is 2.62 bits per heavy atom. The molecule has 0 aromatic rings. The van der Waals surface area contributed by atoms with Crippen LogP contribution in [0.15, 0.2) is 0 Å². The monoisotopic (exact) mass is 115 g/mol. The van der Waals surface area contributed by atoms with Crippen molar-refractivity contribution in [3.8, 4) is 0 Å². The highest BCUT2D eigenvalue weighted by Gasteiger charge is 2.21. The molecule has 0 bridgehead atoms. The molecule has 0 radical (unpaired) electrons. The fourth-order valence-corrected chi connectivity index (χ4v) is 1.16. The summed E-state index contributed by atoms with van der Waals surface area (Å²) in [5.74, 6) is 0. The Bertz CT molecular complexity index is 74.9. The molecule has 0 spiro atoms. The summed E-state index contributed by atoms with van der Waals surface area (Å²) in [4.78, 5) is 0. The van der Waals surface area contributed by atoms with E-state index in [1.54, 1.807) is 7.11 Å². The minimum Gasteiger partial charge on any atom is -0.380 e. The summed E-state index contributed by atoms with van der Waals surface area (Å²) in [5.41, 5.74) is 0. The molecule has 2 heteroatoms. The van der Waals surface area contributed by atoms with E-state index in [-0.39, 0.29) is 0 Å². The maximum Gasteiger partial charge on any atom is 0.0733 e. The van der Waals surface area contributed by atoms with Crippen molar-refractivity contribution in [1.82, 2.24) is 5.32 Å². The van der Waals surface area contributed by atoms with Crippen molar-refractivity contribution >= 4 is 0 Å². The Morgan fingerprint density at radius 1 is 1.62 bits per heavy atom. The van der Waals surface area contributed by atoms with E-state index in [0.717, 1.165) is 13.0 Å². The van der Waals surface area contributed by atoms with Crippen LogP contribution in [0.4, 0.5) is 0 Å². The maximum atomic E-state index is 5.16. The lowest BCUT2D eigenvalue weighted by molar-refractivity contribution is 0.0968. The summed E-state index contributed by atoms with van der Waals surface area (Å²) >= 11 is 0. The molecular weight excluding hydrogens is 102 g/mol. The predicted molar refractivity (Wildman–Crippen MR) is 32.9 cm³/mol. The van der Waals surface area contributed by atoms with Gasteiger partial charge in [0.25, 0.3) is 0 Å². The molecule has 2 atom stereocenters. The van der Waals surface area contributed by atoms with E-state index in [1.165, 1.54) is 0 Å². The van der Waals surface area contributed by atoms with Crippen molar-refractivity contribution < 1.29 is 4.74 Å². The third-order valence-electron chi connectivity index (χ3n) is 1.76. The Morgan fingerprint density at radius 2 is 2.38 bits per heavy atom. The van der Waals surface area contributed by atoms with E-state index >= 15 is 0 Å². The van der Waals surface area contributed by atoms with E-state index in [4.69, 9.17) is 4.74 Å². The van der Waals surface area contributed by atoms with Crippen LogP contribution >= 0.6 is 0 Å². The highest BCUT2D eigenvalue weighted by molar-refractivity contribution is 4.79. The molecule has 0 saturated carbocycles. The number of rotatable bonds is 1. The van der Waals surface area contributed by atoms with Gasteiger partial charge in [-0.15, -0.1) is 0 Å². The molecule has 1 aliphatic rings. The minimum absolute atomic E-state index is 0.454. The normalized spacial score (nSPS) is 38.2. The Labute approximate surface area is 50.2 Å². The largest absolute Gasteiger partial charge is 0.380 e. The molecule has 0 aromatic carbocycles. The number of ether oxygens (including phenoxy) is 1. The molecule has 1 heterocycles. The zero-order chi connectivity index (χ0) is 5.98. The smallest absolute Gasteiger partial charge is 0.0733 e. The average molecular weight is 115 g/mol. The van der Waals surface area contributed by atoms with E-state index in [0.29, 0.717) is 12.1 Å². The lowest BCUT2D eigenvalue weighted by atomic mass is 10.2. The standard InChI is InChI=1S/C6H13NO/c1-5-6(8-2)3-4-7-5/h5-7H,3-4H2,1-2H3/t5-,6?/m0/s1. The van der Waals surface area contributed by atoms with Gasteiger partial charge in [0.1, 0.15) is 0 Å². The summed E-state index contributed by atoms with van der Waals surface area (Å²) in [6.45, 7) is 3.26. The lowest BCUT2D eigenvalue weighted by Crippen LogP contribution is -2.27. The van der Waals surface area contributed by atoms with Crippen molar-refractivity contribution in [2.45, 2.75) is 25.5 Å². The van der Waals surface area contributed by atoms with Crippen molar-refractivity contribution in [3.63, 3.8) is 0 Å². The van der Waals surface area contributed by atoms with Crippen molar-refractivity contribution in [2.24, 2.45) is 0 Å². The first kappa shape index (κ1) is 6.05. The summed E-state index contributed by atoms with van der Waals surface area (Å²) in [7, 11) is 1.77. The van der Waals surface area contributed by atoms with Gasteiger partial charge in [0.2, 0.25) is 0 Å². The van der Waals surface area contributed by atoms with Gasteiger partial charge in [-0.2, -0.15) is 0 Å². The molecule has 1 fully saturated rings. The highest BCUT2D eigenvalue weighted by Crippen LogP contribution is 2.08. The van der Waals surface area contributed by atoms with Crippen LogP contribution in [0.3, 0.4) is 0 Å². The van der Waals surface area contributed by atoms with Crippen LogP contribution in [0.2, 0.25) is 0 Å². The van der Waals surface area contributed by atoms with Crippen LogP contribution in [-0.4, -0.2) is 25.8 Å². The number of hydrogen-bond donors (Lipinski definition) is 1. The second kappa shape index (κ2) is 2.46. The second-order valence-electron chi connectivity index (χ2n) is 2.31. The van der Waals surface area contributed by atoms with Crippen LogP contribution in [0, 0.1) is 0 Å². The van der Waals surface area contributed by atoms with E-state index in [1.807, 2.05) is 0 Å². The first-order chi connectivity index (χ1) is 3.84. The molecule has 1 unspecified atom stereocenters. The fourth-order valence-electron chi connectivity index (χ4n) is 1.16. The average Bonchev–Trinajstić information content (AvgIpc) is 2.14. The van der Waals surface area contributed by atoms with Crippen LogP contribution in [-0.2, 0) is 4.74 Å². The zero-order valence-electron chi connectivity index (χ0n) is 5.48. The molecule has 0 amide bonds. The van der Waals surface area contributed by atoms with Gasteiger partial charge >= 0.3 is 0 Å². The van der Waals surface area contributed by atoms with E-state index < -0.39 is 0 Å². The van der Waals surface area contributed by atoms with Gasteiger partial charge in [-0.3, -0.25) is 0 Å². The first-order valence-electron chi connectivity index (χ1n) is 3.11. The Balaban J connectivity index is 2.30. The maximum absolute atomic E-state index is 5.16. The van der Waals surface area contributed by atoms with Gasteiger partial charge in [-0.1, -0.05) is 0 Å². The van der Waals surface area contributed by atoms with Crippen LogP contribution in [0.1, 0.15) is 13.3 Å². The Kier molecular flexibility index (Phi) is 1.86. The molecule has 0 aliphatic carbocycles. The molecule has 48 valence electrons. The first-order valence-corrected chi connectivity index (χ1v) is 3.11. The lowest BCUT2D eigenvalue weighted by Gasteiger charge is -2.11. The second-order valence-corrected chi connectivity index (χ2v) is 2.31. The fraction of sp³-hybridized carbons (Fsp3) is 1.00. The Hall–Kier alpha value is -0.0800. The third-order valence-corrected chi connectivity index (χ3v) is 1.76. The van der Waals surface area contributed by atoms with Crippen molar-refractivity contribution in [2.75, 3.05) is 13.7 Å².